The number of hydrogen-bond acceptors (Lipinski definition) is 2. The third kappa shape index (κ3) is 1.79. The van der Waals surface area contributed by atoms with Gasteiger partial charge >= 0.3 is 0 Å². The van der Waals surface area contributed by atoms with E-state index in [-0.39, 0.29) is 0 Å². The average Bonchev–Trinajstić information content (AvgIpc) is 1.88. The van der Waals surface area contributed by atoms with E-state index in [0.29, 0.717) is 0 Å². The molecule has 1 nitrogen and oxygen atoms in total. The number of rotatable bonds is 1. The number of hydrogen-bond donors (Lipinski definition) is 1. The highest BCUT2D eigenvalue weighted by molar-refractivity contribution is 8.02. The van der Waals surface area contributed by atoms with Crippen LogP contribution in [0.1, 0.15) is 6.42 Å². The van der Waals surface area contributed by atoms with Crippen molar-refractivity contribution in [2.45, 2.75) is 6.42 Å². The summed E-state index contributed by atoms with van der Waals surface area (Å²) in [5.41, 5.74) is 6.44. The molecule has 0 spiro atoms. The summed E-state index contributed by atoms with van der Waals surface area (Å²) >= 11 is 1.73. The molecule has 1 aliphatic carbocycles. The predicted molar refractivity (Wildman–Crippen MR) is 42.8 cm³/mol. The average molecular weight is 140 g/mol. The lowest BCUT2D eigenvalue weighted by atomic mass is 10.1. The molecular weight excluding hydrogens is 130 g/mol. The lowest BCUT2D eigenvalue weighted by Gasteiger charge is -2.06. The fourth-order valence-corrected chi connectivity index (χ4v) is 1.25. The second-order valence-corrected chi connectivity index (χ2v) is 2.77. The maximum atomic E-state index is 5.55. The number of nitrogens with two attached hydrogens (primary N) is 1. The zero-order valence-corrected chi connectivity index (χ0v) is 6.24. The van der Waals surface area contributed by atoms with Crippen molar-refractivity contribution in [3.8, 4) is 0 Å². The van der Waals surface area contributed by atoms with Gasteiger partial charge in [0.2, 0.25) is 0 Å². The number of thioether (sulfide) groups is 1. The van der Waals surface area contributed by atoms with Crippen LogP contribution in [0.25, 0.3) is 0 Å². The zero-order valence-electron chi connectivity index (χ0n) is 5.42. The van der Waals surface area contributed by atoms with Gasteiger partial charge < -0.3 is 5.73 Å². The first-order chi connectivity index (χ1) is 4.33. The Morgan fingerprint density at radius 2 is 2.44 bits per heavy atom. The summed E-state index contributed by atoms with van der Waals surface area (Å²) in [6, 6.07) is 0. The van der Waals surface area contributed by atoms with Crippen LogP contribution in [0.2, 0.25) is 0 Å². The van der Waals surface area contributed by atoms with Crippen LogP contribution >= 0.6 is 11.8 Å². The monoisotopic (exact) mass is 140 g/mol. The summed E-state index contributed by atoms with van der Waals surface area (Å²) in [5, 5.41) is 0. The third-order valence-corrected chi connectivity index (χ3v) is 1.97. The Hall–Kier alpha value is -0.370. The van der Waals surface area contributed by atoms with Gasteiger partial charge in [0.15, 0.2) is 0 Å². The normalized spacial score (nSPS) is 18.8. The molecule has 0 fully saturated rings. The molecule has 1 radical (unpaired) electrons. The quantitative estimate of drug-likeness (QED) is 0.599. The maximum Gasteiger partial charge on any atom is 0.0281 e. The molecule has 2 N–H and O–H groups in total. The Kier molecular flexibility index (Phi) is 2.22. The first kappa shape index (κ1) is 6.75. The summed E-state index contributed by atoms with van der Waals surface area (Å²) < 4.78 is 0. The number of allylic oxidation sites excluding steroid dienone is 3. The fraction of sp³-hybridized carbons (Fsp3) is 0.286. The van der Waals surface area contributed by atoms with Crippen LogP contribution in [0, 0.1) is 6.42 Å². The van der Waals surface area contributed by atoms with Gasteiger partial charge in [-0.15, -0.1) is 11.8 Å². The van der Waals surface area contributed by atoms with Crippen molar-refractivity contribution in [3.63, 3.8) is 0 Å². The molecule has 0 unspecified atom stereocenters. The molecule has 0 bridgehead atoms. The molecule has 1 aliphatic rings. The first-order valence-corrected chi connectivity index (χ1v) is 4.10. The molecule has 0 aliphatic heterocycles. The first-order valence-electron chi connectivity index (χ1n) is 2.87. The fourth-order valence-electron chi connectivity index (χ4n) is 0.736. The highest BCUT2D eigenvalue weighted by Gasteiger charge is 2.00. The lowest BCUT2D eigenvalue weighted by molar-refractivity contribution is 1.19. The van der Waals surface area contributed by atoms with E-state index in [2.05, 4.69) is 12.7 Å². The lowest BCUT2D eigenvalue weighted by Crippen LogP contribution is -1.98. The molecule has 1 rings (SSSR count). The smallest absolute Gasteiger partial charge is 0.0281 e. The van der Waals surface area contributed by atoms with Gasteiger partial charge in [0.1, 0.15) is 0 Å². The Balaban J connectivity index is 2.63. The zero-order chi connectivity index (χ0) is 6.69. The Morgan fingerprint density at radius 3 is 2.89 bits per heavy atom. The van der Waals surface area contributed by atoms with E-state index in [0.717, 1.165) is 12.1 Å². The molecule has 0 atom stereocenters. The van der Waals surface area contributed by atoms with Crippen molar-refractivity contribution in [1.82, 2.24) is 0 Å². The highest BCUT2D eigenvalue weighted by Crippen LogP contribution is 2.21. The summed E-state index contributed by atoms with van der Waals surface area (Å²) in [7, 11) is 0. The van der Waals surface area contributed by atoms with Gasteiger partial charge in [-0.3, -0.25) is 0 Å². The maximum absolute atomic E-state index is 5.55. The van der Waals surface area contributed by atoms with Crippen LogP contribution < -0.4 is 5.73 Å². The van der Waals surface area contributed by atoms with Crippen LogP contribution in [0.3, 0.4) is 0 Å². The summed E-state index contributed by atoms with van der Waals surface area (Å²) in [4.78, 5) is 1.27. The minimum Gasteiger partial charge on any atom is -0.399 e. The Labute approximate surface area is 60.0 Å². The molecule has 0 aromatic heterocycles. The Morgan fingerprint density at radius 1 is 1.67 bits per heavy atom. The van der Waals surface area contributed by atoms with Gasteiger partial charge in [-0.2, -0.15) is 0 Å². The van der Waals surface area contributed by atoms with E-state index < -0.39 is 0 Å². The van der Waals surface area contributed by atoms with Crippen molar-refractivity contribution in [2.75, 3.05) is 6.26 Å². The van der Waals surface area contributed by atoms with Crippen molar-refractivity contribution in [2.24, 2.45) is 5.73 Å². The van der Waals surface area contributed by atoms with Crippen LogP contribution in [-0.2, 0) is 0 Å². The van der Waals surface area contributed by atoms with E-state index >= 15 is 0 Å². The molecule has 0 aromatic rings. The molecular formula is C7H10NS. The summed E-state index contributed by atoms with van der Waals surface area (Å²) in [5.74, 6) is 0. The molecule has 2 heteroatoms. The standard InChI is InChI=1S/C7H10NS/c1-9-7-4-2-3-6(8)5-7/h3-5H,2,8H2,1H3. The van der Waals surface area contributed by atoms with Gasteiger partial charge in [0, 0.05) is 12.1 Å². The second-order valence-electron chi connectivity index (χ2n) is 1.89. The summed E-state index contributed by atoms with van der Waals surface area (Å²) in [6.45, 7) is 0. The molecule has 0 heterocycles. The highest BCUT2D eigenvalue weighted by atomic mass is 32.2. The predicted octanol–water partition coefficient (Wildman–Crippen LogP) is 1.68. The van der Waals surface area contributed by atoms with Crippen molar-refractivity contribution < 1.29 is 0 Å². The molecule has 0 aromatic carbocycles. The van der Waals surface area contributed by atoms with Crippen molar-refractivity contribution >= 4 is 11.8 Å². The van der Waals surface area contributed by atoms with E-state index in [1.165, 1.54) is 4.91 Å². The third-order valence-electron chi connectivity index (χ3n) is 1.22. The van der Waals surface area contributed by atoms with Crippen LogP contribution in [0.15, 0.2) is 22.8 Å². The van der Waals surface area contributed by atoms with Crippen LogP contribution in [0.5, 0.6) is 0 Å². The molecule has 49 valence electrons. The van der Waals surface area contributed by atoms with E-state index in [1.54, 1.807) is 11.8 Å². The van der Waals surface area contributed by atoms with Gasteiger partial charge in [-0.05, 0) is 23.7 Å². The summed E-state index contributed by atoms with van der Waals surface area (Å²) in [6.07, 6.45) is 9.22. The molecule has 0 amide bonds. The van der Waals surface area contributed by atoms with Gasteiger partial charge in [0.25, 0.3) is 0 Å². The second kappa shape index (κ2) is 2.97. The molecule has 0 saturated carbocycles. The Bertz CT molecular complexity index is 158. The van der Waals surface area contributed by atoms with Crippen molar-refractivity contribution in [1.29, 1.82) is 0 Å². The van der Waals surface area contributed by atoms with Crippen LogP contribution in [-0.4, -0.2) is 6.26 Å². The minimum absolute atomic E-state index is 0.891. The van der Waals surface area contributed by atoms with Gasteiger partial charge in [-0.25, -0.2) is 0 Å². The molecule has 9 heavy (non-hydrogen) atoms. The largest absolute Gasteiger partial charge is 0.399 e. The van der Waals surface area contributed by atoms with E-state index in [4.69, 9.17) is 5.73 Å². The van der Waals surface area contributed by atoms with Crippen molar-refractivity contribution in [3.05, 3.63) is 29.2 Å². The van der Waals surface area contributed by atoms with Crippen LogP contribution in [0.4, 0.5) is 0 Å². The minimum atomic E-state index is 0.891. The molecule has 0 saturated heterocycles. The SMILES string of the molecule is CSC1=CC(N)=CC[CH]1. The van der Waals surface area contributed by atoms with E-state index in [9.17, 15) is 0 Å². The van der Waals surface area contributed by atoms with Gasteiger partial charge in [0.05, 0.1) is 0 Å². The topological polar surface area (TPSA) is 26.0 Å². The van der Waals surface area contributed by atoms with Gasteiger partial charge in [-0.1, -0.05) is 6.08 Å². The van der Waals surface area contributed by atoms with E-state index in [1.807, 2.05) is 12.2 Å².